The summed E-state index contributed by atoms with van der Waals surface area (Å²) in [5, 5.41) is 3.00. The van der Waals surface area contributed by atoms with Gasteiger partial charge in [-0.05, 0) is 57.4 Å². The highest BCUT2D eigenvalue weighted by molar-refractivity contribution is 5.82. The van der Waals surface area contributed by atoms with Crippen molar-refractivity contribution < 1.29 is 4.79 Å². The molecular formula is C16H23N3O. The van der Waals surface area contributed by atoms with Gasteiger partial charge in [0, 0.05) is 6.04 Å². The first-order valence-corrected chi connectivity index (χ1v) is 7.15. The summed E-state index contributed by atoms with van der Waals surface area (Å²) in [6.07, 6.45) is 0.938. The van der Waals surface area contributed by atoms with Crippen LogP contribution in [0.2, 0.25) is 0 Å². The second-order valence-corrected chi connectivity index (χ2v) is 5.55. The van der Waals surface area contributed by atoms with Gasteiger partial charge in [-0.3, -0.25) is 4.79 Å². The van der Waals surface area contributed by atoms with Crippen LogP contribution in [0.4, 0.5) is 0 Å². The molecule has 4 nitrogen and oxygen atoms in total. The standard InChI is InChI=1S/C16H23N3O/c1-6-12(4)17-16(20)9-19-13(5)18-14-7-10(2)11(3)8-15(14)19/h7-8,12H,6,9H2,1-5H3,(H,17,20). The molecule has 1 N–H and O–H groups in total. The number of benzene rings is 1. The molecule has 2 rings (SSSR count). The Hall–Kier alpha value is -1.84. The Kier molecular flexibility index (Phi) is 4.12. The maximum Gasteiger partial charge on any atom is 0.240 e. The van der Waals surface area contributed by atoms with Gasteiger partial charge < -0.3 is 9.88 Å². The molecule has 4 heteroatoms. The fourth-order valence-electron chi connectivity index (χ4n) is 2.27. The SMILES string of the molecule is CCC(C)NC(=O)Cn1c(C)nc2cc(C)c(C)cc21. The van der Waals surface area contributed by atoms with E-state index in [1.807, 2.05) is 18.4 Å². The van der Waals surface area contributed by atoms with E-state index in [2.05, 4.69) is 43.2 Å². The minimum atomic E-state index is 0.0416. The number of imidazole rings is 1. The van der Waals surface area contributed by atoms with E-state index in [9.17, 15) is 4.79 Å². The summed E-state index contributed by atoms with van der Waals surface area (Å²) < 4.78 is 1.99. The van der Waals surface area contributed by atoms with Gasteiger partial charge in [0.15, 0.2) is 0 Å². The number of rotatable bonds is 4. The van der Waals surface area contributed by atoms with Crippen LogP contribution >= 0.6 is 0 Å². The fraction of sp³-hybridized carbons (Fsp3) is 0.500. The van der Waals surface area contributed by atoms with Crippen LogP contribution in [0, 0.1) is 20.8 Å². The van der Waals surface area contributed by atoms with E-state index in [0.717, 1.165) is 23.3 Å². The summed E-state index contributed by atoms with van der Waals surface area (Å²) in [6.45, 7) is 10.5. The highest BCUT2D eigenvalue weighted by atomic mass is 16.2. The van der Waals surface area contributed by atoms with Crippen molar-refractivity contribution in [2.45, 2.75) is 53.6 Å². The molecule has 20 heavy (non-hydrogen) atoms. The maximum atomic E-state index is 12.1. The Labute approximate surface area is 120 Å². The number of nitrogens with zero attached hydrogens (tertiary/aromatic N) is 2. The lowest BCUT2D eigenvalue weighted by Crippen LogP contribution is -2.34. The Balaban J connectivity index is 2.32. The van der Waals surface area contributed by atoms with Crippen molar-refractivity contribution in [1.29, 1.82) is 0 Å². The Bertz CT molecular complexity index is 643. The summed E-state index contributed by atoms with van der Waals surface area (Å²) in [7, 11) is 0. The Morgan fingerprint density at radius 2 is 1.95 bits per heavy atom. The van der Waals surface area contributed by atoms with Crippen LogP contribution < -0.4 is 5.32 Å². The molecule has 0 saturated heterocycles. The number of carbonyl (C=O) groups is 1. The molecule has 2 aromatic rings. The molecule has 0 aliphatic heterocycles. The van der Waals surface area contributed by atoms with Gasteiger partial charge in [-0.15, -0.1) is 0 Å². The molecule has 0 aliphatic carbocycles. The zero-order chi connectivity index (χ0) is 14.9. The molecule has 1 unspecified atom stereocenters. The molecule has 1 amide bonds. The van der Waals surface area contributed by atoms with E-state index in [-0.39, 0.29) is 11.9 Å². The lowest BCUT2D eigenvalue weighted by Gasteiger charge is -2.13. The van der Waals surface area contributed by atoms with Crippen LogP contribution in [-0.2, 0) is 11.3 Å². The molecule has 0 saturated carbocycles. The van der Waals surface area contributed by atoms with Gasteiger partial charge >= 0.3 is 0 Å². The number of hydrogen-bond donors (Lipinski definition) is 1. The monoisotopic (exact) mass is 273 g/mol. The van der Waals surface area contributed by atoms with Crippen LogP contribution in [0.1, 0.15) is 37.2 Å². The number of carbonyl (C=O) groups excluding carboxylic acids is 1. The first-order chi connectivity index (χ1) is 9.42. The number of aryl methyl sites for hydroxylation is 3. The molecule has 0 aliphatic rings. The van der Waals surface area contributed by atoms with Crippen LogP contribution in [0.5, 0.6) is 0 Å². The molecule has 0 fully saturated rings. The van der Waals surface area contributed by atoms with E-state index in [1.165, 1.54) is 11.1 Å². The molecule has 1 atom stereocenters. The van der Waals surface area contributed by atoms with Crippen molar-refractivity contribution in [3.05, 3.63) is 29.1 Å². The number of fused-ring (bicyclic) bond motifs is 1. The van der Waals surface area contributed by atoms with Gasteiger partial charge in [-0.25, -0.2) is 4.98 Å². The zero-order valence-electron chi connectivity index (χ0n) is 12.9. The summed E-state index contributed by atoms with van der Waals surface area (Å²) in [5.74, 6) is 0.921. The highest BCUT2D eigenvalue weighted by Crippen LogP contribution is 2.20. The second-order valence-electron chi connectivity index (χ2n) is 5.55. The van der Waals surface area contributed by atoms with Crippen molar-refractivity contribution >= 4 is 16.9 Å². The van der Waals surface area contributed by atoms with Crippen molar-refractivity contribution in [2.75, 3.05) is 0 Å². The van der Waals surface area contributed by atoms with Crippen molar-refractivity contribution in [1.82, 2.24) is 14.9 Å². The minimum absolute atomic E-state index is 0.0416. The molecule has 0 bridgehead atoms. The Morgan fingerprint density at radius 3 is 2.60 bits per heavy atom. The van der Waals surface area contributed by atoms with Crippen LogP contribution in [0.15, 0.2) is 12.1 Å². The van der Waals surface area contributed by atoms with Crippen LogP contribution in [-0.4, -0.2) is 21.5 Å². The largest absolute Gasteiger partial charge is 0.352 e. The molecule has 1 aromatic carbocycles. The number of hydrogen-bond acceptors (Lipinski definition) is 2. The summed E-state index contributed by atoms with van der Waals surface area (Å²) in [5.41, 5.74) is 4.44. The van der Waals surface area contributed by atoms with Crippen LogP contribution in [0.25, 0.3) is 11.0 Å². The third kappa shape index (κ3) is 2.84. The summed E-state index contributed by atoms with van der Waals surface area (Å²) in [4.78, 5) is 16.6. The average Bonchev–Trinajstić information content (AvgIpc) is 2.66. The minimum Gasteiger partial charge on any atom is -0.352 e. The van der Waals surface area contributed by atoms with Gasteiger partial charge in [0.1, 0.15) is 12.4 Å². The third-order valence-electron chi connectivity index (χ3n) is 3.88. The second kappa shape index (κ2) is 5.65. The fourth-order valence-corrected chi connectivity index (χ4v) is 2.27. The van der Waals surface area contributed by atoms with E-state index >= 15 is 0 Å². The number of aromatic nitrogens is 2. The Morgan fingerprint density at radius 1 is 1.30 bits per heavy atom. The number of nitrogens with one attached hydrogen (secondary N) is 1. The van der Waals surface area contributed by atoms with Gasteiger partial charge in [0.05, 0.1) is 11.0 Å². The molecule has 108 valence electrons. The smallest absolute Gasteiger partial charge is 0.240 e. The average molecular weight is 273 g/mol. The van der Waals surface area contributed by atoms with Gasteiger partial charge in [0.2, 0.25) is 5.91 Å². The molecular weight excluding hydrogens is 250 g/mol. The van der Waals surface area contributed by atoms with E-state index in [1.54, 1.807) is 0 Å². The predicted octanol–water partition coefficient (Wildman–Crippen LogP) is 2.88. The summed E-state index contributed by atoms with van der Waals surface area (Å²) in [6, 6.07) is 4.41. The molecule has 1 aromatic heterocycles. The molecule has 0 radical (unpaired) electrons. The van der Waals surface area contributed by atoms with Crippen LogP contribution in [0.3, 0.4) is 0 Å². The molecule has 1 heterocycles. The predicted molar refractivity (Wildman–Crippen MR) is 81.8 cm³/mol. The highest BCUT2D eigenvalue weighted by Gasteiger charge is 2.13. The zero-order valence-corrected chi connectivity index (χ0v) is 12.9. The number of amides is 1. The summed E-state index contributed by atoms with van der Waals surface area (Å²) >= 11 is 0. The normalized spacial score (nSPS) is 12.7. The van der Waals surface area contributed by atoms with E-state index < -0.39 is 0 Å². The van der Waals surface area contributed by atoms with E-state index in [0.29, 0.717) is 6.54 Å². The van der Waals surface area contributed by atoms with Gasteiger partial charge in [0.25, 0.3) is 0 Å². The lowest BCUT2D eigenvalue weighted by atomic mass is 10.1. The van der Waals surface area contributed by atoms with Crippen molar-refractivity contribution in [2.24, 2.45) is 0 Å². The maximum absolute atomic E-state index is 12.1. The third-order valence-corrected chi connectivity index (χ3v) is 3.88. The topological polar surface area (TPSA) is 46.9 Å². The van der Waals surface area contributed by atoms with Gasteiger partial charge in [-0.1, -0.05) is 6.92 Å². The first-order valence-electron chi connectivity index (χ1n) is 7.15. The van der Waals surface area contributed by atoms with Crippen molar-refractivity contribution in [3.63, 3.8) is 0 Å². The van der Waals surface area contributed by atoms with Gasteiger partial charge in [-0.2, -0.15) is 0 Å². The molecule has 0 spiro atoms. The first kappa shape index (κ1) is 14.6. The van der Waals surface area contributed by atoms with E-state index in [4.69, 9.17) is 0 Å². The quantitative estimate of drug-likeness (QED) is 0.931. The lowest BCUT2D eigenvalue weighted by molar-refractivity contribution is -0.122. The van der Waals surface area contributed by atoms with Crippen molar-refractivity contribution in [3.8, 4) is 0 Å².